The average Bonchev–Trinajstić information content (AvgIpc) is 3.31. The summed E-state index contributed by atoms with van der Waals surface area (Å²) in [5, 5.41) is 29.9. The minimum Gasteiger partial charge on any atom is -0.508 e. The number of nitrogens with zero attached hydrogens (tertiary/aromatic N) is 1. The molecule has 6 heteroatoms. The van der Waals surface area contributed by atoms with Crippen LogP contribution in [0.5, 0.6) is 11.5 Å². The number of aromatic hydroxyl groups is 2. The van der Waals surface area contributed by atoms with Gasteiger partial charge in [0.05, 0.1) is 24.1 Å². The van der Waals surface area contributed by atoms with Crippen molar-refractivity contribution in [1.29, 1.82) is 0 Å². The standard InChI is InChI=1S/C20H17N3O3/c24-15-7-3-13(4-8-15)18-19(14-5-9-16(25)10-6-14)22-23-20(18)21-12-17-2-1-11-26-17/h1-11,24-25H,12H2,(H2,21,22,23). The maximum Gasteiger partial charge on any atom is 0.156 e. The second kappa shape index (κ2) is 6.68. The molecule has 0 saturated carbocycles. The number of aromatic nitrogens is 2. The monoisotopic (exact) mass is 347 g/mol. The number of rotatable bonds is 5. The normalized spacial score (nSPS) is 10.8. The van der Waals surface area contributed by atoms with Crippen LogP contribution < -0.4 is 5.32 Å². The number of phenolic OH excluding ortho intramolecular Hbond substituents is 2. The number of aromatic amines is 1. The lowest BCUT2D eigenvalue weighted by Gasteiger charge is -2.08. The molecule has 4 rings (SSSR count). The van der Waals surface area contributed by atoms with Crippen molar-refractivity contribution < 1.29 is 14.6 Å². The summed E-state index contributed by atoms with van der Waals surface area (Å²) in [6.07, 6.45) is 1.63. The van der Waals surface area contributed by atoms with Crippen LogP contribution in [0.25, 0.3) is 22.4 Å². The zero-order valence-corrected chi connectivity index (χ0v) is 13.8. The van der Waals surface area contributed by atoms with E-state index < -0.39 is 0 Å². The van der Waals surface area contributed by atoms with Gasteiger partial charge in [0.1, 0.15) is 17.3 Å². The zero-order valence-electron chi connectivity index (χ0n) is 13.8. The Bertz CT molecular complexity index is 988. The number of anilines is 1. The Hall–Kier alpha value is -3.67. The molecule has 0 aliphatic carbocycles. The molecule has 0 amide bonds. The highest BCUT2D eigenvalue weighted by Crippen LogP contribution is 2.37. The summed E-state index contributed by atoms with van der Waals surface area (Å²) >= 11 is 0. The second-order valence-electron chi connectivity index (χ2n) is 5.85. The summed E-state index contributed by atoms with van der Waals surface area (Å²) < 4.78 is 5.36. The van der Waals surface area contributed by atoms with E-state index in [0.29, 0.717) is 12.4 Å². The van der Waals surface area contributed by atoms with Crippen molar-refractivity contribution in [2.45, 2.75) is 6.54 Å². The van der Waals surface area contributed by atoms with Crippen LogP contribution in [0.3, 0.4) is 0 Å². The molecule has 26 heavy (non-hydrogen) atoms. The molecule has 0 aliphatic heterocycles. The summed E-state index contributed by atoms with van der Waals surface area (Å²) in [4.78, 5) is 0. The number of furan rings is 1. The van der Waals surface area contributed by atoms with E-state index in [2.05, 4.69) is 15.5 Å². The largest absolute Gasteiger partial charge is 0.508 e. The molecule has 4 N–H and O–H groups in total. The quantitative estimate of drug-likeness (QED) is 0.430. The predicted molar refractivity (Wildman–Crippen MR) is 98.8 cm³/mol. The number of hydrogen-bond donors (Lipinski definition) is 4. The van der Waals surface area contributed by atoms with Gasteiger partial charge in [-0.15, -0.1) is 0 Å². The van der Waals surface area contributed by atoms with Crippen LogP contribution in [0.1, 0.15) is 5.76 Å². The lowest BCUT2D eigenvalue weighted by molar-refractivity contribution is 0.475. The maximum absolute atomic E-state index is 9.59. The van der Waals surface area contributed by atoms with Gasteiger partial charge in [-0.25, -0.2) is 0 Å². The Kier molecular flexibility index (Phi) is 4.07. The first-order chi connectivity index (χ1) is 12.7. The van der Waals surface area contributed by atoms with E-state index >= 15 is 0 Å². The smallest absolute Gasteiger partial charge is 0.156 e. The van der Waals surface area contributed by atoms with E-state index in [4.69, 9.17) is 4.42 Å². The van der Waals surface area contributed by atoms with E-state index in [9.17, 15) is 10.2 Å². The van der Waals surface area contributed by atoms with E-state index in [-0.39, 0.29) is 11.5 Å². The number of H-pyrrole nitrogens is 1. The third-order valence-corrected chi connectivity index (χ3v) is 4.09. The molecule has 0 spiro atoms. The molecule has 0 saturated heterocycles. The highest BCUT2D eigenvalue weighted by Gasteiger charge is 2.17. The van der Waals surface area contributed by atoms with Crippen molar-refractivity contribution in [1.82, 2.24) is 10.2 Å². The van der Waals surface area contributed by atoms with Crippen LogP contribution in [0.15, 0.2) is 71.3 Å². The van der Waals surface area contributed by atoms with Crippen LogP contribution in [0.2, 0.25) is 0 Å². The van der Waals surface area contributed by atoms with Crippen molar-refractivity contribution in [3.63, 3.8) is 0 Å². The fourth-order valence-corrected chi connectivity index (χ4v) is 2.80. The Morgan fingerprint density at radius 2 is 1.54 bits per heavy atom. The Balaban J connectivity index is 1.76. The fourth-order valence-electron chi connectivity index (χ4n) is 2.80. The topological polar surface area (TPSA) is 94.3 Å². The van der Waals surface area contributed by atoms with Crippen LogP contribution in [0.4, 0.5) is 5.82 Å². The van der Waals surface area contributed by atoms with Gasteiger partial charge in [0.15, 0.2) is 5.82 Å². The average molecular weight is 347 g/mol. The summed E-state index contributed by atoms with van der Waals surface area (Å²) in [5.41, 5.74) is 3.49. The molecule has 4 aromatic rings. The number of phenols is 2. The van der Waals surface area contributed by atoms with Gasteiger partial charge in [0.2, 0.25) is 0 Å². The van der Waals surface area contributed by atoms with Crippen molar-refractivity contribution in [3.8, 4) is 33.9 Å². The molecule has 0 atom stereocenters. The number of benzene rings is 2. The molecule has 0 unspecified atom stereocenters. The lowest BCUT2D eigenvalue weighted by Crippen LogP contribution is -2.00. The van der Waals surface area contributed by atoms with Crippen LogP contribution in [0, 0.1) is 0 Å². The van der Waals surface area contributed by atoms with Gasteiger partial charge in [-0.3, -0.25) is 5.10 Å². The van der Waals surface area contributed by atoms with Gasteiger partial charge in [0.25, 0.3) is 0 Å². The molecule has 0 aliphatic rings. The summed E-state index contributed by atoms with van der Waals surface area (Å²) in [6, 6.07) is 17.6. The van der Waals surface area contributed by atoms with Crippen LogP contribution >= 0.6 is 0 Å². The highest BCUT2D eigenvalue weighted by atomic mass is 16.3. The van der Waals surface area contributed by atoms with Gasteiger partial charge < -0.3 is 19.9 Å². The molecular formula is C20H17N3O3. The molecule has 0 fully saturated rings. The van der Waals surface area contributed by atoms with Gasteiger partial charge in [0, 0.05) is 5.56 Å². The first kappa shape index (κ1) is 15.8. The Morgan fingerprint density at radius 1 is 0.885 bits per heavy atom. The molecule has 0 bridgehead atoms. The Labute approximate surface area is 149 Å². The lowest BCUT2D eigenvalue weighted by atomic mass is 10.0. The zero-order chi connectivity index (χ0) is 17.9. The SMILES string of the molecule is Oc1ccc(-c2[nH]nc(NCc3ccco3)c2-c2ccc(O)cc2)cc1. The molecule has 130 valence electrons. The molecular weight excluding hydrogens is 330 g/mol. The second-order valence-corrected chi connectivity index (χ2v) is 5.85. The van der Waals surface area contributed by atoms with Gasteiger partial charge in [-0.2, -0.15) is 5.10 Å². The summed E-state index contributed by atoms with van der Waals surface area (Å²) in [6.45, 7) is 0.498. The van der Waals surface area contributed by atoms with E-state index in [1.807, 2.05) is 36.4 Å². The summed E-state index contributed by atoms with van der Waals surface area (Å²) in [7, 11) is 0. The third-order valence-electron chi connectivity index (χ3n) is 4.09. The highest BCUT2D eigenvalue weighted by molar-refractivity contribution is 5.88. The summed E-state index contributed by atoms with van der Waals surface area (Å²) in [5.74, 6) is 1.88. The number of nitrogens with one attached hydrogen (secondary N) is 2. The third kappa shape index (κ3) is 3.12. The first-order valence-electron chi connectivity index (χ1n) is 8.14. The minimum absolute atomic E-state index is 0.202. The van der Waals surface area contributed by atoms with E-state index in [1.165, 1.54) is 0 Å². The van der Waals surface area contributed by atoms with Crippen LogP contribution in [-0.2, 0) is 6.54 Å². The molecule has 2 aromatic heterocycles. The van der Waals surface area contributed by atoms with E-state index in [1.54, 1.807) is 30.5 Å². The van der Waals surface area contributed by atoms with Crippen molar-refractivity contribution >= 4 is 5.82 Å². The number of hydrogen-bond acceptors (Lipinski definition) is 5. The first-order valence-corrected chi connectivity index (χ1v) is 8.14. The molecule has 2 heterocycles. The van der Waals surface area contributed by atoms with Gasteiger partial charge in [-0.05, 0) is 54.1 Å². The predicted octanol–water partition coefficient (Wildman–Crippen LogP) is 4.36. The molecule has 0 radical (unpaired) electrons. The van der Waals surface area contributed by atoms with E-state index in [0.717, 1.165) is 28.1 Å². The van der Waals surface area contributed by atoms with Gasteiger partial charge in [-0.1, -0.05) is 12.1 Å². The molecule has 2 aromatic carbocycles. The van der Waals surface area contributed by atoms with Crippen LogP contribution in [-0.4, -0.2) is 20.4 Å². The van der Waals surface area contributed by atoms with Crippen molar-refractivity contribution in [2.75, 3.05) is 5.32 Å². The van der Waals surface area contributed by atoms with Crippen molar-refractivity contribution in [2.24, 2.45) is 0 Å². The maximum atomic E-state index is 9.59. The van der Waals surface area contributed by atoms with Crippen molar-refractivity contribution in [3.05, 3.63) is 72.7 Å². The fraction of sp³-hybridized carbons (Fsp3) is 0.0500. The minimum atomic E-state index is 0.202. The molecule has 6 nitrogen and oxygen atoms in total. The Morgan fingerprint density at radius 3 is 2.15 bits per heavy atom. The van der Waals surface area contributed by atoms with Gasteiger partial charge >= 0.3 is 0 Å².